The maximum Gasteiger partial charge on any atom is 0.277 e. The Morgan fingerprint density at radius 2 is 2.00 bits per heavy atom. The minimum Gasteiger partial charge on any atom is -0.493 e. The minimum atomic E-state index is -0.356. The highest BCUT2D eigenvalue weighted by Gasteiger charge is 2.37. The molecule has 8 nitrogen and oxygen atoms in total. The number of ether oxygens (including phenoxy) is 2. The van der Waals surface area contributed by atoms with Crippen LogP contribution in [0.3, 0.4) is 0 Å². The first-order valence-corrected chi connectivity index (χ1v) is 13.4. The number of carbonyl (C=O) groups is 1. The molecule has 0 aliphatic carbocycles. The van der Waals surface area contributed by atoms with E-state index >= 15 is 0 Å². The topological polar surface area (TPSA) is 86.4 Å². The van der Waals surface area contributed by atoms with Crippen molar-refractivity contribution in [1.82, 2.24) is 9.99 Å². The Balaban J connectivity index is 1.22. The maximum atomic E-state index is 12.4. The van der Waals surface area contributed by atoms with Gasteiger partial charge in [-0.2, -0.15) is 5.10 Å². The fraction of sp³-hybridized carbons (Fsp3) is 0.345. The number of quaternary nitrogens is 1. The van der Waals surface area contributed by atoms with Crippen LogP contribution in [-0.4, -0.2) is 43.0 Å². The number of hydrazone groups is 1. The smallest absolute Gasteiger partial charge is 0.277 e. The Labute approximate surface area is 226 Å². The molecule has 0 spiro atoms. The third-order valence-corrected chi connectivity index (χ3v) is 7.34. The van der Waals surface area contributed by atoms with E-state index in [1.165, 1.54) is 4.90 Å². The van der Waals surface area contributed by atoms with Gasteiger partial charge >= 0.3 is 0 Å². The molecule has 1 fully saturated rings. The van der Waals surface area contributed by atoms with E-state index in [0.717, 1.165) is 55.2 Å². The minimum absolute atomic E-state index is 0.106. The first-order valence-electron chi connectivity index (χ1n) is 13.0. The molecule has 1 amide bonds. The molecule has 2 aliphatic heterocycles. The summed E-state index contributed by atoms with van der Waals surface area (Å²) < 4.78 is 13.3. The zero-order valence-electron chi connectivity index (χ0n) is 21.4. The molecule has 2 aromatic carbocycles. The van der Waals surface area contributed by atoms with E-state index in [1.54, 1.807) is 36.5 Å². The second-order valence-corrected chi connectivity index (χ2v) is 10.3. The van der Waals surface area contributed by atoms with Crippen LogP contribution >= 0.6 is 11.6 Å². The molecule has 2 aliphatic rings. The molecule has 5 rings (SSSR count). The molecule has 3 aromatic rings. The number of halogens is 1. The van der Waals surface area contributed by atoms with Gasteiger partial charge in [0.25, 0.3) is 11.5 Å². The number of aromatic nitrogens is 1. The van der Waals surface area contributed by atoms with Gasteiger partial charge in [0.1, 0.15) is 18.0 Å². The monoisotopic (exact) mass is 535 g/mol. The molecule has 3 heterocycles. The highest BCUT2D eigenvalue weighted by molar-refractivity contribution is 6.30. The van der Waals surface area contributed by atoms with Crippen molar-refractivity contribution in [2.24, 2.45) is 11.0 Å². The fourth-order valence-corrected chi connectivity index (χ4v) is 5.66. The number of rotatable bonds is 9. The Kier molecular flexibility index (Phi) is 8.10. The first kappa shape index (κ1) is 26.0. The van der Waals surface area contributed by atoms with Crippen LogP contribution in [0.1, 0.15) is 36.1 Å². The number of hydrogen-bond donors (Lipinski definition) is 2. The van der Waals surface area contributed by atoms with Crippen molar-refractivity contribution in [3.05, 3.63) is 92.9 Å². The van der Waals surface area contributed by atoms with Gasteiger partial charge in [0, 0.05) is 40.7 Å². The van der Waals surface area contributed by atoms with Crippen LogP contribution < -0.4 is 25.4 Å². The second-order valence-electron chi connectivity index (χ2n) is 9.87. The molecule has 0 saturated carbocycles. The molecule has 1 saturated heterocycles. The number of nitrogens with one attached hydrogen (secondary N) is 2. The fourth-order valence-electron chi connectivity index (χ4n) is 5.54. The largest absolute Gasteiger partial charge is 0.493 e. The summed E-state index contributed by atoms with van der Waals surface area (Å²) in [5, 5.41) is 4.71. The van der Waals surface area contributed by atoms with Crippen molar-refractivity contribution >= 4 is 23.7 Å². The average Bonchev–Trinajstić information content (AvgIpc) is 2.90. The van der Waals surface area contributed by atoms with E-state index in [0.29, 0.717) is 29.2 Å². The Morgan fingerprint density at radius 3 is 2.82 bits per heavy atom. The molecule has 9 heteroatoms. The van der Waals surface area contributed by atoms with Crippen LogP contribution in [0.4, 0.5) is 0 Å². The second kappa shape index (κ2) is 11.8. The highest BCUT2D eigenvalue weighted by atomic mass is 35.5. The van der Waals surface area contributed by atoms with E-state index in [2.05, 4.69) is 22.7 Å². The molecule has 3 unspecified atom stereocenters. The number of carbonyl (C=O) groups excluding carboxylic acids is 1. The number of likely N-dealkylation sites (tertiary alicyclic amines) is 1. The lowest BCUT2D eigenvalue weighted by molar-refractivity contribution is -0.924. The van der Waals surface area contributed by atoms with Crippen LogP contribution in [0.25, 0.3) is 0 Å². The molecule has 38 heavy (non-hydrogen) atoms. The SMILES string of the molecule is CCOc1ccc(C=NNC(=O)COc2ccc(Cl)cc2)cc1C[NH+]1CC2CC(C1)c1cccc(=O)n1C2. The lowest BCUT2D eigenvalue weighted by Gasteiger charge is -2.40. The van der Waals surface area contributed by atoms with Crippen molar-refractivity contribution in [3.63, 3.8) is 0 Å². The summed E-state index contributed by atoms with van der Waals surface area (Å²) in [4.78, 5) is 26.0. The van der Waals surface area contributed by atoms with Gasteiger partial charge in [-0.25, -0.2) is 5.43 Å². The third kappa shape index (κ3) is 6.26. The summed E-state index contributed by atoms with van der Waals surface area (Å²) in [7, 11) is 0. The third-order valence-electron chi connectivity index (χ3n) is 7.08. The summed E-state index contributed by atoms with van der Waals surface area (Å²) in [6, 6.07) is 18.4. The summed E-state index contributed by atoms with van der Waals surface area (Å²) in [6.45, 7) is 6.03. The van der Waals surface area contributed by atoms with Gasteiger partial charge in [0.05, 0.1) is 25.9 Å². The molecule has 198 valence electrons. The standard InChI is InChI=1S/C29H31ClN4O4/c1-2-37-27-11-6-20(14-31-32-28(35)19-38-25-9-7-24(30)8-10-25)12-23(27)18-33-15-21-13-22(17-33)26-4-3-5-29(36)34(26)16-21/h3-12,14,21-22H,2,13,15-19H2,1H3,(H,32,35)/p+1. The van der Waals surface area contributed by atoms with Crippen molar-refractivity contribution < 1.29 is 19.2 Å². The van der Waals surface area contributed by atoms with Crippen molar-refractivity contribution in [1.29, 1.82) is 0 Å². The van der Waals surface area contributed by atoms with Gasteiger partial charge in [0.2, 0.25) is 0 Å². The number of nitrogens with zero attached hydrogens (tertiary/aromatic N) is 2. The molecular formula is C29H32ClN4O4+. The lowest BCUT2D eigenvalue weighted by atomic mass is 9.83. The quantitative estimate of drug-likeness (QED) is 0.326. The number of fused-ring (bicyclic) bond motifs is 4. The van der Waals surface area contributed by atoms with Gasteiger partial charge in [-0.1, -0.05) is 17.7 Å². The zero-order valence-corrected chi connectivity index (χ0v) is 22.1. The molecule has 1 aromatic heterocycles. The number of pyridine rings is 1. The molecule has 2 N–H and O–H groups in total. The summed E-state index contributed by atoms with van der Waals surface area (Å²) in [5.74, 6) is 1.94. The van der Waals surface area contributed by atoms with Gasteiger partial charge in [-0.3, -0.25) is 9.59 Å². The number of benzene rings is 2. The summed E-state index contributed by atoms with van der Waals surface area (Å²) in [6.07, 6.45) is 2.77. The normalized spacial score (nSPS) is 20.1. The van der Waals surface area contributed by atoms with Crippen LogP contribution in [0.2, 0.25) is 5.02 Å². The summed E-state index contributed by atoms with van der Waals surface area (Å²) >= 11 is 5.87. The Bertz CT molecular complexity index is 1370. The Morgan fingerprint density at radius 1 is 1.16 bits per heavy atom. The van der Waals surface area contributed by atoms with E-state index in [4.69, 9.17) is 21.1 Å². The van der Waals surface area contributed by atoms with E-state index in [9.17, 15) is 9.59 Å². The van der Waals surface area contributed by atoms with Crippen LogP contribution in [0, 0.1) is 5.92 Å². The van der Waals surface area contributed by atoms with Crippen molar-refractivity contribution in [2.45, 2.75) is 32.4 Å². The van der Waals surface area contributed by atoms with Gasteiger partial charge in [-0.05, 0) is 67.4 Å². The van der Waals surface area contributed by atoms with E-state index in [1.807, 2.05) is 29.7 Å². The number of amides is 1. The zero-order chi connectivity index (χ0) is 26.5. The van der Waals surface area contributed by atoms with Crippen molar-refractivity contribution in [3.8, 4) is 11.5 Å². The summed E-state index contributed by atoms with van der Waals surface area (Å²) in [5.41, 5.74) is 5.75. The molecule has 0 radical (unpaired) electrons. The van der Waals surface area contributed by atoms with Crippen LogP contribution in [0.15, 0.2) is 70.6 Å². The molecule has 2 bridgehead atoms. The van der Waals surface area contributed by atoms with Crippen molar-refractivity contribution in [2.75, 3.05) is 26.3 Å². The van der Waals surface area contributed by atoms with Gasteiger partial charge in [0.15, 0.2) is 6.61 Å². The highest BCUT2D eigenvalue weighted by Crippen LogP contribution is 2.30. The van der Waals surface area contributed by atoms with Crippen LogP contribution in [-0.2, 0) is 17.9 Å². The molecule has 3 atom stereocenters. The predicted molar refractivity (Wildman–Crippen MR) is 146 cm³/mol. The number of piperidine rings is 1. The van der Waals surface area contributed by atoms with Crippen LogP contribution in [0.5, 0.6) is 11.5 Å². The van der Waals surface area contributed by atoms with Gasteiger partial charge in [-0.15, -0.1) is 0 Å². The van der Waals surface area contributed by atoms with E-state index in [-0.39, 0.29) is 18.1 Å². The predicted octanol–water partition coefficient (Wildman–Crippen LogP) is 2.63. The Hall–Kier alpha value is -3.62. The maximum absolute atomic E-state index is 12.4. The molecular weight excluding hydrogens is 504 g/mol. The van der Waals surface area contributed by atoms with Gasteiger partial charge < -0.3 is 18.9 Å². The number of hydrogen-bond acceptors (Lipinski definition) is 5. The van der Waals surface area contributed by atoms with E-state index < -0.39 is 0 Å². The average molecular weight is 536 g/mol. The first-order chi connectivity index (χ1) is 18.5. The lowest BCUT2D eigenvalue weighted by Crippen LogP contribution is -3.13.